The summed E-state index contributed by atoms with van der Waals surface area (Å²) < 4.78 is 8.88. The third-order valence-corrected chi connectivity index (χ3v) is 1.58. The number of hydrogen-bond donors (Lipinski definition) is 3. The summed E-state index contributed by atoms with van der Waals surface area (Å²) >= 11 is 11.2. The molecule has 0 fully saturated rings. The van der Waals surface area contributed by atoms with Crippen LogP contribution < -0.4 is 0 Å². The van der Waals surface area contributed by atoms with Gasteiger partial charge in [0.1, 0.15) is 0 Å². The van der Waals surface area contributed by atoms with E-state index >= 15 is 0 Å². The van der Waals surface area contributed by atoms with Crippen molar-refractivity contribution in [2.75, 3.05) is 0 Å². The SMILES string of the molecule is Clc1ccccc1Cl.O=P(O)(O)O.[KH].[KH].[KH]. The van der Waals surface area contributed by atoms with Crippen LogP contribution in [0.25, 0.3) is 0 Å². The van der Waals surface area contributed by atoms with Gasteiger partial charge in [-0.05, 0) is 12.1 Å². The van der Waals surface area contributed by atoms with E-state index in [-0.39, 0.29) is 154 Å². The van der Waals surface area contributed by atoms with Gasteiger partial charge in [-0.3, -0.25) is 0 Å². The average molecular weight is 365 g/mol. The monoisotopic (exact) mass is 364 g/mol. The summed E-state index contributed by atoms with van der Waals surface area (Å²) in [6, 6.07) is 7.19. The summed E-state index contributed by atoms with van der Waals surface area (Å²) in [6.45, 7) is 0. The summed E-state index contributed by atoms with van der Waals surface area (Å²) in [5, 5.41) is 1.21. The molecule has 0 bridgehead atoms. The normalized spacial score (nSPS) is 8.31. The van der Waals surface area contributed by atoms with Crippen molar-refractivity contribution >= 4 is 185 Å². The van der Waals surface area contributed by atoms with Crippen LogP contribution in [0.1, 0.15) is 0 Å². The average Bonchev–Trinajstić information content (AvgIpc) is 1.92. The first-order chi connectivity index (χ1) is 5.80. The Labute approximate surface area is 232 Å². The third kappa shape index (κ3) is 23.9. The molecule has 4 nitrogen and oxygen atoms in total. The predicted molar refractivity (Wildman–Crippen MR) is 72.2 cm³/mol. The summed E-state index contributed by atoms with van der Waals surface area (Å²) in [5.74, 6) is 0. The summed E-state index contributed by atoms with van der Waals surface area (Å²) in [4.78, 5) is 21.6. The molecule has 10 heteroatoms. The van der Waals surface area contributed by atoms with Crippen LogP contribution >= 0.6 is 31.0 Å². The fraction of sp³-hybridized carbons (Fsp3) is 0. The molecule has 1 rings (SSSR count). The van der Waals surface area contributed by atoms with Crippen molar-refractivity contribution in [3.05, 3.63) is 34.3 Å². The number of hydrogen-bond acceptors (Lipinski definition) is 1. The van der Waals surface area contributed by atoms with Gasteiger partial charge in [-0.15, -0.1) is 0 Å². The van der Waals surface area contributed by atoms with Crippen LogP contribution in [0.15, 0.2) is 24.3 Å². The van der Waals surface area contributed by atoms with Crippen molar-refractivity contribution in [2.45, 2.75) is 0 Å². The fourth-order valence-corrected chi connectivity index (χ4v) is 0.711. The fourth-order valence-electron chi connectivity index (χ4n) is 0.439. The van der Waals surface area contributed by atoms with E-state index in [1.54, 1.807) is 12.1 Å². The molecule has 0 aliphatic heterocycles. The molecule has 0 amide bonds. The second-order valence-corrected chi connectivity index (χ2v) is 3.77. The topological polar surface area (TPSA) is 77.8 Å². The molecule has 0 atom stereocenters. The molecule has 0 radical (unpaired) electrons. The first-order valence-electron chi connectivity index (χ1n) is 2.99. The summed E-state index contributed by atoms with van der Waals surface area (Å²) in [7, 11) is -4.64. The predicted octanol–water partition coefficient (Wildman–Crippen LogP) is 0.119. The van der Waals surface area contributed by atoms with E-state index in [1.165, 1.54) is 0 Å². The molecule has 0 aromatic heterocycles. The minimum atomic E-state index is -4.64. The van der Waals surface area contributed by atoms with Crippen molar-refractivity contribution in [2.24, 2.45) is 0 Å². The van der Waals surface area contributed by atoms with Crippen molar-refractivity contribution in [1.82, 2.24) is 0 Å². The Balaban J connectivity index is -0.0000000818. The number of rotatable bonds is 0. The Morgan fingerprint density at radius 3 is 1.19 bits per heavy atom. The van der Waals surface area contributed by atoms with E-state index in [0.717, 1.165) is 0 Å². The van der Waals surface area contributed by atoms with Crippen LogP contribution in [-0.4, -0.2) is 169 Å². The van der Waals surface area contributed by atoms with Gasteiger partial charge in [-0.1, -0.05) is 35.3 Å². The quantitative estimate of drug-likeness (QED) is 0.451. The van der Waals surface area contributed by atoms with Gasteiger partial charge in [0.05, 0.1) is 10.0 Å². The standard InChI is InChI=1S/C6H4Cl2.3K.H3O4P.3H/c7-5-3-1-2-4-6(5)8;;;;1-5(2,3)4;;;/h1-4H;;;;(H3,1,2,3,4);;;. The molecule has 80 valence electrons. The van der Waals surface area contributed by atoms with Crippen LogP contribution in [0.2, 0.25) is 10.0 Å². The van der Waals surface area contributed by atoms with Gasteiger partial charge in [-0.25, -0.2) is 4.57 Å². The van der Waals surface area contributed by atoms with Crippen LogP contribution in [0, 0.1) is 0 Å². The van der Waals surface area contributed by atoms with E-state index in [1.807, 2.05) is 12.1 Å². The second-order valence-electron chi connectivity index (χ2n) is 1.93. The maximum absolute atomic E-state index is 8.88. The molecule has 0 aliphatic carbocycles. The molecule has 0 spiro atoms. The molecule has 0 heterocycles. The van der Waals surface area contributed by atoms with Gasteiger partial charge in [0.15, 0.2) is 0 Å². The molecule has 0 saturated carbocycles. The number of benzene rings is 1. The van der Waals surface area contributed by atoms with Crippen molar-refractivity contribution in [1.29, 1.82) is 0 Å². The van der Waals surface area contributed by atoms with Crippen LogP contribution in [0.3, 0.4) is 0 Å². The zero-order valence-electron chi connectivity index (χ0n) is 6.26. The summed E-state index contributed by atoms with van der Waals surface area (Å²) in [6.07, 6.45) is 0. The van der Waals surface area contributed by atoms with E-state index in [2.05, 4.69) is 0 Å². The van der Waals surface area contributed by atoms with E-state index in [4.69, 9.17) is 42.4 Å². The zero-order valence-corrected chi connectivity index (χ0v) is 8.67. The van der Waals surface area contributed by atoms with E-state index in [0.29, 0.717) is 10.0 Å². The zero-order chi connectivity index (χ0) is 10.5. The molecule has 0 unspecified atom stereocenters. The molecule has 16 heavy (non-hydrogen) atoms. The number of phosphoric acid groups is 1. The van der Waals surface area contributed by atoms with Gasteiger partial charge in [0.25, 0.3) is 0 Å². The van der Waals surface area contributed by atoms with Gasteiger partial charge < -0.3 is 14.7 Å². The Morgan fingerprint density at radius 2 is 1.06 bits per heavy atom. The van der Waals surface area contributed by atoms with Crippen LogP contribution in [0.4, 0.5) is 0 Å². The molecular formula is C6H10Cl2K3O4P. The first-order valence-corrected chi connectivity index (χ1v) is 5.31. The first kappa shape index (κ1) is 28.9. The summed E-state index contributed by atoms with van der Waals surface area (Å²) in [5.41, 5.74) is 0. The van der Waals surface area contributed by atoms with Crippen LogP contribution in [-0.2, 0) is 4.57 Å². The van der Waals surface area contributed by atoms with Gasteiger partial charge >= 0.3 is 162 Å². The van der Waals surface area contributed by atoms with Gasteiger partial charge in [0.2, 0.25) is 0 Å². The van der Waals surface area contributed by atoms with Crippen molar-refractivity contribution in [3.63, 3.8) is 0 Å². The minimum absolute atomic E-state index is 0. The third-order valence-electron chi connectivity index (χ3n) is 0.824. The Bertz CT molecular complexity index is 293. The van der Waals surface area contributed by atoms with Gasteiger partial charge in [0, 0.05) is 0 Å². The van der Waals surface area contributed by atoms with Crippen molar-refractivity contribution < 1.29 is 19.2 Å². The molecule has 3 N–H and O–H groups in total. The Hall–Kier alpha value is 4.82. The molecule has 0 aliphatic rings. The molecular weight excluding hydrogens is 355 g/mol. The van der Waals surface area contributed by atoms with E-state index in [9.17, 15) is 0 Å². The van der Waals surface area contributed by atoms with Crippen molar-refractivity contribution in [3.8, 4) is 0 Å². The van der Waals surface area contributed by atoms with Crippen LogP contribution in [0.5, 0.6) is 0 Å². The molecule has 1 aromatic rings. The van der Waals surface area contributed by atoms with Gasteiger partial charge in [-0.2, -0.15) is 0 Å². The Kier molecular flexibility index (Phi) is 29.3. The second kappa shape index (κ2) is 16.2. The van der Waals surface area contributed by atoms with E-state index < -0.39 is 7.82 Å². The Morgan fingerprint density at radius 1 is 0.875 bits per heavy atom. The molecule has 1 aromatic carbocycles. The maximum atomic E-state index is 8.88. The number of halogens is 2. The molecule has 0 saturated heterocycles.